The molecule has 148 valence electrons. The molecule has 0 spiro atoms. The van der Waals surface area contributed by atoms with E-state index in [4.69, 9.17) is 23.2 Å². The minimum Gasteiger partial charge on any atom is -0.342 e. The van der Waals surface area contributed by atoms with Crippen LogP contribution >= 0.6 is 23.2 Å². The summed E-state index contributed by atoms with van der Waals surface area (Å²) in [7, 11) is 0. The molecule has 27 heavy (non-hydrogen) atoms. The van der Waals surface area contributed by atoms with Crippen LogP contribution in [0.5, 0.6) is 0 Å². The lowest BCUT2D eigenvalue weighted by atomic mass is 10.2. The van der Waals surface area contributed by atoms with Crippen molar-refractivity contribution in [3.8, 4) is 0 Å². The van der Waals surface area contributed by atoms with Crippen molar-refractivity contribution in [2.45, 2.75) is 38.6 Å². The zero-order valence-electron chi connectivity index (χ0n) is 15.6. The summed E-state index contributed by atoms with van der Waals surface area (Å²) in [5, 5.41) is 1.02. The minimum atomic E-state index is 0.0833. The van der Waals surface area contributed by atoms with Gasteiger partial charge in [-0.25, -0.2) is 0 Å². The second-order valence-electron chi connectivity index (χ2n) is 7.35. The highest BCUT2D eigenvalue weighted by Gasteiger charge is 2.23. The zero-order chi connectivity index (χ0) is 19.2. The third-order valence-electron chi connectivity index (χ3n) is 5.36. The van der Waals surface area contributed by atoms with Crippen LogP contribution < -0.4 is 0 Å². The quantitative estimate of drug-likeness (QED) is 0.657. The highest BCUT2D eigenvalue weighted by molar-refractivity contribution is 6.42. The molecule has 2 aliphatic heterocycles. The maximum Gasteiger partial charge on any atom is 0.224 e. The zero-order valence-corrected chi connectivity index (χ0v) is 17.1. The lowest BCUT2D eigenvalue weighted by molar-refractivity contribution is -0.133. The fraction of sp³-hybridized carbons (Fsp3) is 0.600. The van der Waals surface area contributed by atoms with Crippen LogP contribution in [0, 0.1) is 0 Å². The van der Waals surface area contributed by atoms with Crippen LogP contribution in [0.4, 0.5) is 0 Å². The Bertz CT molecular complexity index is 677. The van der Waals surface area contributed by atoms with Gasteiger partial charge in [0.05, 0.1) is 10.0 Å². The molecule has 1 aromatic carbocycles. The van der Waals surface area contributed by atoms with E-state index in [1.54, 1.807) is 11.0 Å². The molecule has 0 radical (unpaired) electrons. The summed E-state index contributed by atoms with van der Waals surface area (Å²) >= 11 is 12.1. The largest absolute Gasteiger partial charge is 0.342 e. The Balaban J connectivity index is 1.60. The van der Waals surface area contributed by atoms with Gasteiger partial charge in [0.25, 0.3) is 0 Å². The van der Waals surface area contributed by atoms with Crippen molar-refractivity contribution in [3.63, 3.8) is 0 Å². The maximum atomic E-state index is 12.9. The van der Waals surface area contributed by atoms with Crippen molar-refractivity contribution in [2.24, 2.45) is 0 Å². The summed E-state index contributed by atoms with van der Waals surface area (Å²) in [4.78, 5) is 30.8. The van der Waals surface area contributed by atoms with Gasteiger partial charge in [-0.2, -0.15) is 0 Å². The average Bonchev–Trinajstić information content (AvgIpc) is 3.31. The number of hydrogen-bond acceptors (Lipinski definition) is 3. The standard InChI is InChI=1S/C20H27Cl2N3O2/c21-17-6-5-16(14-18(17)22)15-25(13-12-23-8-1-2-9-23)20(27)7-11-24-10-3-4-19(24)26/h5-6,14H,1-4,7-13,15H2. The Hall–Kier alpha value is -1.30. The molecule has 0 saturated carbocycles. The fourth-order valence-electron chi connectivity index (χ4n) is 3.75. The topological polar surface area (TPSA) is 43.9 Å². The van der Waals surface area contributed by atoms with Crippen molar-refractivity contribution in [1.82, 2.24) is 14.7 Å². The van der Waals surface area contributed by atoms with Crippen molar-refractivity contribution >= 4 is 35.0 Å². The lowest BCUT2D eigenvalue weighted by Crippen LogP contribution is -2.39. The Morgan fingerprint density at radius 3 is 2.48 bits per heavy atom. The van der Waals surface area contributed by atoms with Gasteiger partial charge in [-0.3, -0.25) is 9.59 Å². The first-order valence-electron chi connectivity index (χ1n) is 9.75. The molecule has 7 heteroatoms. The van der Waals surface area contributed by atoms with E-state index in [1.807, 2.05) is 17.0 Å². The van der Waals surface area contributed by atoms with Gasteiger partial charge in [0.15, 0.2) is 0 Å². The van der Waals surface area contributed by atoms with Crippen molar-refractivity contribution < 1.29 is 9.59 Å². The summed E-state index contributed by atoms with van der Waals surface area (Å²) in [5.41, 5.74) is 0.969. The Morgan fingerprint density at radius 1 is 1.04 bits per heavy atom. The first kappa shape index (κ1) is 20.4. The maximum absolute atomic E-state index is 12.9. The number of benzene rings is 1. The highest BCUT2D eigenvalue weighted by Crippen LogP contribution is 2.23. The Morgan fingerprint density at radius 2 is 1.81 bits per heavy atom. The van der Waals surface area contributed by atoms with Crippen molar-refractivity contribution in [2.75, 3.05) is 39.3 Å². The van der Waals surface area contributed by atoms with Crippen LogP contribution in [0.2, 0.25) is 10.0 Å². The van der Waals surface area contributed by atoms with E-state index in [1.165, 1.54) is 12.8 Å². The van der Waals surface area contributed by atoms with Crippen molar-refractivity contribution in [3.05, 3.63) is 33.8 Å². The third kappa shape index (κ3) is 5.84. The van der Waals surface area contributed by atoms with Gasteiger partial charge in [0.1, 0.15) is 0 Å². The van der Waals surface area contributed by atoms with Crippen LogP contribution in [0.3, 0.4) is 0 Å². The molecule has 0 aromatic heterocycles. The Kier molecular flexibility index (Phi) is 7.39. The van der Waals surface area contributed by atoms with E-state index in [9.17, 15) is 9.59 Å². The summed E-state index contributed by atoms with van der Waals surface area (Å²) < 4.78 is 0. The number of rotatable bonds is 8. The molecule has 0 unspecified atom stereocenters. The highest BCUT2D eigenvalue weighted by atomic mass is 35.5. The predicted octanol–water partition coefficient (Wildman–Crippen LogP) is 3.43. The van der Waals surface area contributed by atoms with Crippen LogP contribution in [0.25, 0.3) is 0 Å². The molecule has 0 bridgehead atoms. The minimum absolute atomic E-state index is 0.0833. The van der Waals surface area contributed by atoms with Gasteiger partial charge in [0.2, 0.25) is 11.8 Å². The smallest absolute Gasteiger partial charge is 0.224 e. The first-order chi connectivity index (χ1) is 13.0. The number of likely N-dealkylation sites (tertiary alicyclic amines) is 2. The molecule has 2 heterocycles. The summed E-state index contributed by atoms with van der Waals surface area (Å²) in [6.45, 7) is 5.58. The Labute approximate surface area is 171 Å². The van der Waals surface area contributed by atoms with Crippen LogP contribution in [0.1, 0.15) is 37.7 Å². The number of halogens is 2. The van der Waals surface area contributed by atoms with E-state index >= 15 is 0 Å². The third-order valence-corrected chi connectivity index (χ3v) is 6.10. The summed E-state index contributed by atoms with van der Waals surface area (Å²) in [6.07, 6.45) is 4.34. The van der Waals surface area contributed by atoms with Crippen LogP contribution in [-0.4, -0.2) is 65.8 Å². The fourth-order valence-corrected chi connectivity index (χ4v) is 4.07. The number of nitrogens with zero attached hydrogens (tertiary/aromatic N) is 3. The summed E-state index contributed by atoms with van der Waals surface area (Å²) in [6, 6.07) is 5.50. The lowest BCUT2D eigenvalue weighted by Gasteiger charge is -2.27. The molecule has 0 N–H and O–H groups in total. The van der Waals surface area contributed by atoms with Gasteiger partial charge >= 0.3 is 0 Å². The molecular weight excluding hydrogens is 385 g/mol. The van der Waals surface area contributed by atoms with E-state index in [0.717, 1.165) is 38.2 Å². The second kappa shape index (κ2) is 9.76. The van der Waals surface area contributed by atoms with E-state index in [0.29, 0.717) is 42.5 Å². The molecule has 2 amide bonds. The number of carbonyl (C=O) groups is 2. The number of hydrogen-bond donors (Lipinski definition) is 0. The van der Waals surface area contributed by atoms with Crippen molar-refractivity contribution in [1.29, 1.82) is 0 Å². The average molecular weight is 412 g/mol. The number of carbonyl (C=O) groups excluding carboxylic acids is 2. The van der Waals surface area contributed by atoms with Gasteiger partial charge in [-0.15, -0.1) is 0 Å². The first-order valence-corrected chi connectivity index (χ1v) is 10.5. The van der Waals surface area contributed by atoms with Gasteiger partial charge in [0, 0.05) is 45.6 Å². The van der Waals surface area contributed by atoms with Crippen LogP contribution in [0.15, 0.2) is 18.2 Å². The molecule has 5 nitrogen and oxygen atoms in total. The van der Waals surface area contributed by atoms with E-state index in [2.05, 4.69) is 4.90 Å². The number of amides is 2. The molecule has 2 saturated heterocycles. The van der Waals surface area contributed by atoms with Gasteiger partial charge in [-0.05, 0) is 50.0 Å². The van der Waals surface area contributed by atoms with Gasteiger partial charge in [-0.1, -0.05) is 29.3 Å². The monoisotopic (exact) mass is 411 g/mol. The molecule has 2 fully saturated rings. The van der Waals surface area contributed by atoms with E-state index < -0.39 is 0 Å². The second-order valence-corrected chi connectivity index (χ2v) is 8.16. The molecule has 1 aromatic rings. The molecule has 3 rings (SSSR count). The summed E-state index contributed by atoms with van der Waals surface area (Å²) in [5.74, 6) is 0.246. The molecule has 2 aliphatic rings. The molecular formula is C20H27Cl2N3O2. The van der Waals surface area contributed by atoms with E-state index in [-0.39, 0.29) is 11.8 Å². The SMILES string of the molecule is O=C1CCCN1CCC(=O)N(CCN1CCCC1)Cc1ccc(Cl)c(Cl)c1. The predicted molar refractivity (Wildman–Crippen MR) is 108 cm³/mol. The molecule has 0 atom stereocenters. The van der Waals surface area contributed by atoms with Crippen LogP contribution in [-0.2, 0) is 16.1 Å². The van der Waals surface area contributed by atoms with Gasteiger partial charge < -0.3 is 14.7 Å². The molecule has 0 aliphatic carbocycles. The normalized spacial score (nSPS) is 17.7.